The van der Waals surface area contributed by atoms with Gasteiger partial charge >= 0.3 is 0 Å². The number of hydrogen-bond acceptors (Lipinski definition) is 6. The van der Waals surface area contributed by atoms with Crippen molar-refractivity contribution in [2.24, 2.45) is 12.8 Å². The van der Waals surface area contributed by atoms with Crippen LogP contribution in [0.15, 0.2) is 6.20 Å². The standard InChI is InChI=1S/C13H19N5O2/c1-7-10(8(2)18(3)17-7)11(14)12-13(20-5)16-9(19-4)6-15-12/h6,11H,14H2,1-5H3. The van der Waals surface area contributed by atoms with Gasteiger partial charge in [-0.25, -0.2) is 4.98 Å². The average Bonchev–Trinajstić information content (AvgIpc) is 2.70. The third-order valence-corrected chi connectivity index (χ3v) is 3.32. The van der Waals surface area contributed by atoms with Crippen LogP contribution in [0.3, 0.4) is 0 Å². The van der Waals surface area contributed by atoms with E-state index < -0.39 is 6.04 Å². The highest BCUT2D eigenvalue weighted by atomic mass is 16.5. The highest BCUT2D eigenvalue weighted by molar-refractivity contribution is 5.38. The van der Waals surface area contributed by atoms with Gasteiger partial charge in [0.1, 0.15) is 5.69 Å². The Morgan fingerprint density at radius 3 is 2.45 bits per heavy atom. The first-order valence-corrected chi connectivity index (χ1v) is 6.20. The van der Waals surface area contributed by atoms with Crippen molar-refractivity contribution in [2.75, 3.05) is 14.2 Å². The van der Waals surface area contributed by atoms with Crippen LogP contribution in [0.4, 0.5) is 0 Å². The molecular formula is C13H19N5O2. The van der Waals surface area contributed by atoms with Crippen LogP contribution in [0.2, 0.25) is 0 Å². The molecule has 0 aliphatic heterocycles. The van der Waals surface area contributed by atoms with E-state index in [0.29, 0.717) is 17.5 Å². The number of ether oxygens (including phenoxy) is 2. The van der Waals surface area contributed by atoms with Crippen LogP contribution in [0.25, 0.3) is 0 Å². The molecule has 2 heterocycles. The van der Waals surface area contributed by atoms with Crippen molar-refractivity contribution >= 4 is 0 Å². The third-order valence-electron chi connectivity index (χ3n) is 3.32. The summed E-state index contributed by atoms with van der Waals surface area (Å²) in [6, 6.07) is -0.447. The first kappa shape index (κ1) is 14.3. The predicted molar refractivity (Wildman–Crippen MR) is 73.8 cm³/mol. The van der Waals surface area contributed by atoms with Crippen LogP contribution in [-0.2, 0) is 7.05 Å². The van der Waals surface area contributed by atoms with E-state index in [9.17, 15) is 0 Å². The highest BCUT2D eigenvalue weighted by Gasteiger charge is 2.23. The molecular weight excluding hydrogens is 258 g/mol. The summed E-state index contributed by atoms with van der Waals surface area (Å²) < 4.78 is 12.1. The van der Waals surface area contributed by atoms with E-state index in [-0.39, 0.29) is 0 Å². The maximum Gasteiger partial charge on any atom is 0.240 e. The molecule has 2 aromatic rings. The Hall–Kier alpha value is -2.15. The number of methoxy groups -OCH3 is 2. The number of rotatable bonds is 4. The molecule has 108 valence electrons. The van der Waals surface area contributed by atoms with Crippen LogP contribution in [0.1, 0.15) is 28.7 Å². The van der Waals surface area contributed by atoms with Crippen molar-refractivity contribution in [1.82, 2.24) is 19.7 Å². The summed E-state index contributed by atoms with van der Waals surface area (Å²) in [4.78, 5) is 8.52. The van der Waals surface area contributed by atoms with Gasteiger partial charge in [-0.05, 0) is 13.8 Å². The van der Waals surface area contributed by atoms with Crippen LogP contribution < -0.4 is 15.2 Å². The first-order valence-electron chi connectivity index (χ1n) is 6.20. The van der Waals surface area contributed by atoms with E-state index in [1.165, 1.54) is 20.4 Å². The van der Waals surface area contributed by atoms with Gasteiger partial charge in [0, 0.05) is 18.3 Å². The summed E-state index contributed by atoms with van der Waals surface area (Å²) >= 11 is 0. The number of nitrogens with two attached hydrogens (primary N) is 1. The minimum absolute atomic E-state index is 0.361. The molecule has 1 unspecified atom stereocenters. The smallest absolute Gasteiger partial charge is 0.240 e. The van der Waals surface area contributed by atoms with Crippen molar-refractivity contribution in [3.8, 4) is 11.8 Å². The van der Waals surface area contributed by atoms with Gasteiger partial charge in [0.2, 0.25) is 11.8 Å². The number of aromatic nitrogens is 4. The zero-order valence-corrected chi connectivity index (χ0v) is 12.3. The zero-order chi connectivity index (χ0) is 14.9. The summed E-state index contributed by atoms with van der Waals surface area (Å²) in [7, 11) is 4.94. The Bertz CT molecular complexity index is 623. The van der Waals surface area contributed by atoms with Gasteiger partial charge in [-0.3, -0.25) is 4.68 Å². The Kier molecular flexibility index (Phi) is 3.89. The normalized spacial score (nSPS) is 12.3. The minimum Gasteiger partial charge on any atom is -0.480 e. The molecule has 20 heavy (non-hydrogen) atoms. The lowest BCUT2D eigenvalue weighted by atomic mass is 10.0. The van der Waals surface area contributed by atoms with Crippen molar-refractivity contribution in [1.29, 1.82) is 0 Å². The Morgan fingerprint density at radius 2 is 1.95 bits per heavy atom. The van der Waals surface area contributed by atoms with Gasteiger partial charge in [0.05, 0.1) is 32.2 Å². The molecule has 0 bridgehead atoms. The molecule has 0 aromatic carbocycles. The third kappa shape index (κ3) is 2.32. The molecule has 2 aromatic heterocycles. The summed E-state index contributed by atoms with van der Waals surface area (Å²) in [5.41, 5.74) is 9.69. The van der Waals surface area contributed by atoms with Gasteiger partial charge in [0.25, 0.3) is 0 Å². The first-order chi connectivity index (χ1) is 9.49. The fourth-order valence-corrected chi connectivity index (χ4v) is 2.20. The van der Waals surface area contributed by atoms with E-state index in [1.807, 2.05) is 20.9 Å². The van der Waals surface area contributed by atoms with Crippen molar-refractivity contribution < 1.29 is 9.47 Å². The van der Waals surface area contributed by atoms with Gasteiger partial charge in [-0.2, -0.15) is 10.1 Å². The SMILES string of the molecule is COc1cnc(C(N)c2c(C)nn(C)c2C)c(OC)n1. The largest absolute Gasteiger partial charge is 0.480 e. The van der Waals surface area contributed by atoms with Crippen LogP contribution >= 0.6 is 0 Å². The monoisotopic (exact) mass is 277 g/mol. The summed E-state index contributed by atoms with van der Waals surface area (Å²) in [5.74, 6) is 0.747. The van der Waals surface area contributed by atoms with Gasteiger partial charge in [0.15, 0.2) is 0 Å². The molecule has 7 heteroatoms. The van der Waals surface area contributed by atoms with E-state index in [2.05, 4.69) is 15.1 Å². The second-order valence-corrected chi connectivity index (χ2v) is 4.49. The summed E-state index contributed by atoms with van der Waals surface area (Å²) in [5, 5.41) is 4.37. The molecule has 0 aliphatic carbocycles. The molecule has 0 saturated heterocycles. The van der Waals surface area contributed by atoms with Gasteiger partial charge < -0.3 is 15.2 Å². The molecule has 0 fully saturated rings. The maximum atomic E-state index is 6.32. The molecule has 0 aliphatic rings. The minimum atomic E-state index is -0.447. The van der Waals surface area contributed by atoms with E-state index >= 15 is 0 Å². The molecule has 0 saturated carbocycles. The Labute approximate surface area is 117 Å². The lowest BCUT2D eigenvalue weighted by Crippen LogP contribution is -2.17. The fraction of sp³-hybridized carbons (Fsp3) is 0.462. The highest BCUT2D eigenvalue weighted by Crippen LogP contribution is 2.29. The summed E-state index contributed by atoms with van der Waals surface area (Å²) in [6.45, 7) is 3.89. The van der Waals surface area contributed by atoms with Crippen LogP contribution in [0.5, 0.6) is 11.8 Å². The number of aryl methyl sites for hydroxylation is 2. The molecule has 0 radical (unpaired) electrons. The predicted octanol–water partition coefficient (Wildman–Crippen LogP) is 0.892. The maximum absolute atomic E-state index is 6.32. The van der Waals surface area contributed by atoms with E-state index in [1.54, 1.807) is 4.68 Å². The second kappa shape index (κ2) is 5.46. The Balaban J connectivity index is 2.50. The quantitative estimate of drug-likeness (QED) is 0.893. The second-order valence-electron chi connectivity index (χ2n) is 4.49. The van der Waals surface area contributed by atoms with E-state index in [4.69, 9.17) is 15.2 Å². The number of hydrogen-bond donors (Lipinski definition) is 1. The lowest BCUT2D eigenvalue weighted by Gasteiger charge is -2.15. The molecule has 0 spiro atoms. The zero-order valence-electron chi connectivity index (χ0n) is 12.3. The molecule has 1 atom stereocenters. The van der Waals surface area contributed by atoms with Gasteiger partial charge in [-0.15, -0.1) is 0 Å². The van der Waals surface area contributed by atoms with E-state index in [0.717, 1.165) is 17.0 Å². The topological polar surface area (TPSA) is 88.1 Å². The average molecular weight is 277 g/mol. The summed E-state index contributed by atoms with van der Waals surface area (Å²) in [6.07, 6.45) is 1.53. The van der Waals surface area contributed by atoms with Gasteiger partial charge in [-0.1, -0.05) is 0 Å². The molecule has 7 nitrogen and oxygen atoms in total. The molecule has 2 rings (SSSR count). The van der Waals surface area contributed by atoms with Crippen molar-refractivity contribution in [2.45, 2.75) is 19.9 Å². The van der Waals surface area contributed by atoms with Crippen LogP contribution in [0, 0.1) is 13.8 Å². The Morgan fingerprint density at radius 1 is 1.25 bits per heavy atom. The van der Waals surface area contributed by atoms with Crippen molar-refractivity contribution in [3.05, 3.63) is 28.8 Å². The fourth-order valence-electron chi connectivity index (χ4n) is 2.20. The van der Waals surface area contributed by atoms with Crippen LogP contribution in [-0.4, -0.2) is 34.0 Å². The molecule has 2 N–H and O–H groups in total. The molecule has 0 amide bonds. The van der Waals surface area contributed by atoms with Crippen molar-refractivity contribution in [3.63, 3.8) is 0 Å². The number of nitrogens with zero attached hydrogens (tertiary/aromatic N) is 4. The lowest BCUT2D eigenvalue weighted by molar-refractivity contribution is 0.355.